The molecule has 1 rings (SSSR count). The molecular weight excluding hydrogens is 334 g/mol. The van der Waals surface area contributed by atoms with Crippen LogP contribution in [0.3, 0.4) is 0 Å². The summed E-state index contributed by atoms with van der Waals surface area (Å²) in [5.41, 5.74) is -0.133. The summed E-state index contributed by atoms with van der Waals surface area (Å²) in [5, 5.41) is 13.2. The van der Waals surface area contributed by atoms with Crippen molar-refractivity contribution < 1.29 is 14.2 Å². The molecule has 0 spiro atoms. The Hall–Kier alpha value is -0.160. The molecular formula is C23H51N3O+2. The summed E-state index contributed by atoms with van der Waals surface area (Å²) in [5.74, 6) is 0. The Morgan fingerprint density at radius 3 is 1.48 bits per heavy atom. The minimum atomic E-state index is -0.0666. The first kappa shape index (κ1) is 24.9. The predicted molar refractivity (Wildman–Crippen MR) is 117 cm³/mol. The largest absolute Gasteiger partial charge is 0.331 e. The minimum Gasteiger partial charge on any atom is -0.331 e. The predicted octanol–water partition coefficient (Wildman–Crippen LogP) is 4.91. The van der Waals surface area contributed by atoms with Crippen LogP contribution in [-0.2, 0) is 0 Å². The van der Waals surface area contributed by atoms with Crippen molar-refractivity contribution in [3.63, 3.8) is 0 Å². The van der Waals surface area contributed by atoms with Crippen LogP contribution in [-0.4, -0.2) is 83.7 Å². The van der Waals surface area contributed by atoms with Gasteiger partial charge >= 0.3 is 0 Å². The molecule has 0 amide bonds. The number of quaternary nitrogens is 2. The highest BCUT2D eigenvalue weighted by Gasteiger charge is 2.55. The van der Waals surface area contributed by atoms with Gasteiger partial charge in [-0.05, 0) is 39.5 Å². The van der Waals surface area contributed by atoms with Gasteiger partial charge in [-0.2, -0.15) is 5.06 Å². The fraction of sp³-hybridized carbons (Fsp3) is 1.00. The van der Waals surface area contributed by atoms with Crippen LogP contribution in [0, 0.1) is 0 Å². The standard InChI is InChI=1S/C23H51N3O/c1-10-22(11-2)19-21(20-23(12-3,13-4)24(22)27)26(14-5,15-6)18-16-17-25(7,8)9/h21,27H,10-20H2,1-9H3/q+2. The fourth-order valence-corrected chi connectivity index (χ4v) is 5.79. The topological polar surface area (TPSA) is 23.5 Å². The molecule has 0 unspecified atom stereocenters. The number of hydroxylamine groups is 2. The molecule has 0 atom stereocenters. The highest BCUT2D eigenvalue weighted by Crippen LogP contribution is 2.47. The summed E-state index contributed by atoms with van der Waals surface area (Å²) >= 11 is 0. The lowest BCUT2D eigenvalue weighted by molar-refractivity contribution is -0.955. The van der Waals surface area contributed by atoms with E-state index in [1.54, 1.807) is 0 Å². The van der Waals surface area contributed by atoms with Crippen LogP contribution in [0.2, 0.25) is 0 Å². The van der Waals surface area contributed by atoms with Gasteiger partial charge in [0.1, 0.15) is 0 Å². The van der Waals surface area contributed by atoms with Gasteiger partial charge in [0.15, 0.2) is 0 Å². The molecule has 1 heterocycles. The highest BCUT2D eigenvalue weighted by atomic mass is 16.5. The molecule has 1 N–H and O–H groups in total. The van der Waals surface area contributed by atoms with Crippen molar-refractivity contribution in [3.8, 4) is 0 Å². The number of nitrogens with zero attached hydrogens (tertiary/aromatic N) is 3. The second kappa shape index (κ2) is 9.56. The Labute approximate surface area is 170 Å². The second-order valence-electron chi connectivity index (χ2n) is 10.2. The van der Waals surface area contributed by atoms with Crippen molar-refractivity contribution in [1.82, 2.24) is 5.06 Å². The molecule has 0 aromatic carbocycles. The van der Waals surface area contributed by atoms with Gasteiger partial charge in [-0.1, -0.05) is 27.7 Å². The zero-order valence-electron chi connectivity index (χ0n) is 20.1. The fourth-order valence-electron chi connectivity index (χ4n) is 5.79. The van der Waals surface area contributed by atoms with Gasteiger partial charge in [0.05, 0.1) is 64.4 Å². The van der Waals surface area contributed by atoms with E-state index >= 15 is 0 Å². The van der Waals surface area contributed by atoms with E-state index in [9.17, 15) is 5.21 Å². The Bertz CT molecular complexity index is 409. The average Bonchev–Trinajstić information content (AvgIpc) is 2.65. The maximum absolute atomic E-state index is 11.4. The lowest BCUT2D eigenvalue weighted by atomic mass is 9.70. The monoisotopic (exact) mass is 385 g/mol. The van der Waals surface area contributed by atoms with Crippen LogP contribution >= 0.6 is 0 Å². The molecule has 0 radical (unpaired) electrons. The molecule has 4 nitrogen and oxygen atoms in total. The lowest BCUT2D eigenvalue weighted by Gasteiger charge is -2.60. The quantitative estimate of drug-likeness (QED) is 0.511. The van der Waals surface area contributed by atoms with Crippen molar-refractivity contribution in [1.29, 1.82) is 0 Å². The summed E-state index contributed by atoms with van der Waals surface area (Å²) in [6.07, 6.45) is 7.67. The van der Waals surface area contributed by atoms with E-state index < -0.39 is 0 Å². The van der Waals surface area contributed by atoms with E-state index in [1.807, 2.05) is 5.06 Å². The Balaban J connectivity index is 3.24. The number of piperidine rings is 1. The van der Waals surface area contributed by atoms with E-state index in [2.05, 4.69) is 62.7 Å². The maximum atomic E-state index is 11.4. The van der Waals surface area contributed by atoms with Gasteiger partial charge in [0.2, 0.25) is 0 Å². The SMILES string of the molecule is CCC1(CC)CC([N+](CC)(CC)CCC[N+](C)(C)C)CC(CC)(CC)N1O. The van der Waals surface area contributed by atoms with E-state index in [0.29, 0.717) is 6.04 Å². The van der Waals surface area contributed by atoms with Crippen molar-refractivity contribution in [2.45, 2.75) is 104 Å². The van der Waals surface area contributed by atoms with Gasteiger partial charge in [-0.25, -0.2) is 0 Å². The highest BCUT2D eigenvalue weighted by molar-refractivity contribution is 5.03. The molecule has 0 bridgehead atoms. The van der Waals surface area contributed by atoms with Crippen molar-refractivity contribution in [2.24, 2.45) is 0 Å². The molecule has 4 heteroatoms. The first-order chi connectivity index (χ1) is 12.5. The molecule has 27 heavy (non-hydrogen) atoms. The summed E-state index contributed by atoms with van der Waals surface area (Å²) in [4.78, 5) is 0. The third-order valence-electron chi connectivity index (χ3n) is 8.23. The van der Waals surface area contributed by atoms with E-state index in [0.717, 1.165) is 43.0 Å². The van der Waals surface area contributed by atoms with Crippen molar-refractivity contribution >= 4 is 0 Å². The first-order valence-corrected chi connectivity index (χ1v) is 11.7. The molecule has 162 valence electrons. The van der Waals surface area contributed by atoms with E-state index in [4.69, 9.17) is 0 Å². The summed E-state index contributed by atoms with van der Waals surface area (Å²) in [7, 11) is 6.90. The van der Waals surface area contributed by atoms with Crippen molar-refractivity contribution in [3.05, 3.63) is 0 Å². The zero-order chi connectivity index (χ0) is 20.9. The third kappa shape index (κ3) is 5.07. The van der Waals surface area contributed by atoms with Gasteiger partial charge in [-0.3, -0.25) is 0 Å². The van der Waals surface area contributed by atoms with Crippen LogP contribution in [0.15, 0.2) is 0 Å². The smallest absolute Gasteiger partial charge is 0.0927 e. The van der Waals surface area contributed by atoms with Gasteiger partial charge in [0.25, 0.3) is 0 Å². The number of hydrogen-bond donors (Lipinski definition) is 1. The minimum absolute atomic E-state index is 0.0666. The molecule has 1 fully saturated rings. The Morgan fingerprint density at radius 2 is 1.19 bits per heavy atom. The van der Waals surface area contributed by atoms with E-state index in [-0.39, 0.29) is 11.1 Å². The van der Waals surface area contributed by atoms with Crippen LogP contribution in [0.4, 0.5) is 0 Å². The number of hydrogen-bond acceptors (Lipinski definition) is 2. The normalized spacial score (nSPS) is 21.6. The summed E-state index contributed by atoms with van der Waals surface area (Å²) < 4.78 is 2.27. The molecule has 1 aliphatic rings. The van der Waals surface area contributed by atoms with E-state index in [1.165, 1.54) is 37.1 Å². The molecule has 0 saturated carbocycles. The van der Waals surface area contributed by atoms with Crippen molar-refractivity contribution in [2.75, 3.05) is 47.3 Å². The second-order valence-corrected chi connectivity index (χ2v) is 10.2. The van der Waals surface area contributed by atoms with Crippen LogP contribution in [0.5, 0.6) is 0 Å². The van der Waals surface area contributed by atoms with Gasteiger partial charge in [-0.15, -0.1) is 0 Å². The maximum Gasteiger partial charge on any atom is 0.0927 e. The van der Waals surface area contributed by atoms with Crippen LogP contribution < -0.4 is 0 Å². The summed E-state index contributed by atoms with van der Waals surface area (Å²) in [6, 6.07) is 0.649. The van der Waals surface area contributed by atoms with Gasteiger partial charge in [0, 0.05) is 19.3 Å². The average molecular weight is 386 g/mol. The lowest BCUT2D eigenvalue weighted by Crippen LogP contribution is -2.70. The zero-order valence-corrected chi connectivity index (χ0v) is 20.1. The van der Waals surface area contributed by atoms with Gasteiger partial charge < -0.3 is 14.2 Å². The molecule has 0 aliphatic carbocycles. The third-order valence-corrected chi connectivity index (χ3v) is 8.23. The molecule has 0 aromatic heterocycles. The van der Waals surface area contributed by atoms with Crippen LogP contribution in [0.1, 0.15) is 86.5 Å². The molecule has 1 saturated heterocycles. The first-order valence-electron chi connectivity index (χ1n) is 11.7. The Kier molecular flexibility index (Phi) is 8.81. The summed E-state index contributed by atoms with van der Waals surface area (Å²) in [6.45, 7) is 18.8. The molecule has 0 aromatic rings. The molecule has 1 aliphatic heterocycles. The Morgan fingerprint density at radius 1 is 0.778 bits per heavy atom. The number of rotatable bonds is 11. The van der Waals surface area contributed by atoms with Crippen LogP contribution in [0.25, 0.3) is 0 Å².